The van der Waals surface area contributed by atoms with Gasteiger partial charge in [-0.15, -0.1) is 0 Å². The minimum Gasteiger partial charge on any atom is -0.384 e. The van der Waals surface area contributed by atoms with Crippen LogP contribution in [0.15, 0.2) is 36.7 Å². The number of alkyl halides is 3. The van der Waals surface area contributed by atoms with E-state index in [9.17, 15) is 18.0 Å². The van der Waals surface area contributed by atoms with Gasteiger partial charge in [-0.1, -0.05) is 6.07 Å². The lowest BCUT2D eigenvalue weighted by molar-refractivity contribution is -0.137. The number of anilines is 1. The van der Waals surface area contributed by atoms with Crippen LogP contribution in [0.3, 0.4) is 0 Å². The number of amides is 1. The summed E-state index contributed by atoms with van der Waals surface area (Å²) in [7, 11) is 0. The van der Waals surface area contributed by atoms with E-state index < -0.39 is 23.8 Å². The number of carbonyl (C=O) groups excluding carboxylic acids is 1. The van der Waals surface area contributed by atoms with Crippen molar-refractivity contribution < 1.29 is 23.1 Å². The van der Waals surface area contributed by atoms with E-state index in [2.05, 4.69) is 10.4 Å². The van der Waals surface area contributed by atoms with E-state index in [0.717, 1.165) is 12.1 Å². The van der Waals surface area contributed by atoms with Gasteiger partial charge in [-0.25, -0.2) is 4.68 Å². The molecule has 2 N–H and O–H groups in total. The number of aliphatic hydroxyl groups excluding tert-OH is 1. The second kappa shape index (κ2) is 5.57. The van der Waals surface area contributed by atoms with Gasteiger partial charge in [-0.3, -0.25) is 4.79 Å². The average molecular weight is 299 g/mol. The van der Waals surface area contributed by atoms with Crippen LogP contribution in [0.2, 0.25) is 0 Å². The Morgan fingerprint density at radius 3 is 2.76 bits per heavy atom. The maximum Gasteiger partial charge on any atom is 0.416 e. The molecule has 5 nitrogen and oxygen atoms in total. The molecule has 1 heterocycles. The van der Waals surface area contributed by atoms with Crippen molar-refractivity contribution in [3.05, 3.63) is 42.2 Å². The van der Waals surface area contributed by atoms with E-state index in [1.807, 2.05) is 0 Å². The Balaban J connectivity index is 2.24. The van der Waals surface area contributed by atoms with E-state index >= 15 is 0 Å². The fourth-order valence-electron chi connectivity index (χ4n) is 1.60. The Morgan fingerprint density at radius 2 is 2.14 bits per heavy atom. The van der Waals surface area contributed by atoms with Crippen molar-refractivity contribution >= 4 is 11.6 Å². The van der Waals surface area contributed by atoms with Gasteiger partial charge in [-0.2, -0.15) is 18.3 Å². The molecule has 1 unspecified atom stereocenters. The van der Waals surface area contributed by atoms with Gasteiger partial charge in [0.2, 0.25) is 0 Å². The van der Waals surface area contributed by atoms with Crippen molar-refractivity contribution in [1.82, 2.24) is 9.78 Å². The van der Waals surface area contributed by atoms with Crippen LogP contribution in [0, 0.1) is 0 Å². The third-order valence-corrected chi connectivity index (χ3v) is 2.67. The lowest BCUT2D eigenvalue weighted by Gasteiger charge is -2.08. The molecule has 1 aromatic heterocycles. The van der Waals surface area contributed by atoms with Crippen molar-refractivity contribution in [2.75, 3.05) is 5.32 Å². The van der Waals surface area contributed by atoms with E-state index in [1.165, 1.54) is 36.1 Å². The summed E-state index contributed by atoms with van der Waals surface area (Å²) in [5.41, 5.74) is -0.300. The van der Waals surface area contributed by atoms with Crippen LogP contribution in [0.25, 0.3) is 5.69 Å². The lowest BCUT2D eigenvalue weighted by Crippen LogP contribution is -2.24. The van der Waals surface area contributed by atoms with Crippen LogP contribution < -0.4 is 5.32 Å². The number of hydrogen-bond donors (Lipinski definition) is 2. The van der Waals surface area contributed by atoms with Crippen LogP contribution in [0.4, 0.5) is 18.9 Å². The van der Waals surface area contributed by atoms with Crippen LogP contribution in [-0.2, 0) is 11.0 Å². The number of rotatable bonds is 3. The molecule has 1 atom stereocenters. The van der Waals surface area contributed by atoms with Crippen molar-refractivity contribution in [2.45, 2.75) is 19.2 Å². The van der Waals surface area contributed by atoms with Gasteiger partial charge in [0.15, 0.2) is 0 Å². The van der Waals surface area contributed by atoms with E-state index in [1.54, 1.807) is 0 Å². The lowest BCUT2D eigenvalue weighted by atomic mass is 10.2. The molecule has 1 amide bonds. The number of hydrogen-bond acceptors (Lipinski definition) is 3. The van der Waals surface area contributed by atoms with E-state index in [-0.39, 0.29) is 11.4 Å². The van der Waals surface area contributed by atoms with Crippen molar-refractivity contribution in [1.29, 1.82) is 0 Å². The largest absolute Gasteiger partial charge is 0.416 e. The van der Waals surface area contributed by atoms with E-state index in [4.69, 9.17) is 5.11 Å². The fourth-order valence-corrected chi connectivity index (χ4v) is 1.60. The summed E-state index contributed by atoms with van der Waals surface area (Å²) in [6.45, 7) is 1.30. The minimum absolute atomic E-state index is 0.211. The number of benzene rings is 1. The number of nitrogens with one attached hydrogen (secondary N) is 1. The Labute approximate surface area is 118 Å². The summed E-state index contributed by atoms with van der Waals surface area (Å²) < 4.78 is 39.1. The number of nitrogens with zero attached hydrogens (tertiary/aromatic N) is 2. The maximum atomic E-state index is 12.6. The average Bonchev–Trinajstić information content (AvgIpc) is 2.86. The van der Waals surface area contributed by atoms with Gasteiger partial charge in [0, 0.05) is 0 Å². The molecule has 1 aromatic carbocycles. The number of halogens is 3. The fraction of sp³-hybridized carbons (Fsp3) is 0.231. The third-order valence-electron chi connectivity index (χ3n) is 2.67. The third kappa shape index (κ3) is 3.60. The highest BCUT2D eigenvalue weighted by molar-refractivity contribution is 5.93. The highest BCUT2D eigenvalue weighted by atomic mass is 19.4. The van der Waals surface area contributed by atoms with Crippen molar-refractivity contribution in [2.24, 2.45) is 0 Å². The smallest absolute Gasteiger partial charge is 0.384 e. The van der Waals surface area contributed by atoms with Gasteiger partial charge < -0.3 is 10.4 Å². The quantitative estimate of drug-likeness (QED) is 0.913. The summed E-state index contributed by atoms with van der Waals surface area (Å²) in [6, 6.07) is 4.65. The molecule has 0 saturated heterocycles. The van der Waals surface area contributed by atoms with Crippen LogP contribution in [-0.4, -0.2) is 26.9 Å². The molecule has 0 fully saturated rings. The highest BCUT2D eigenvalue weighted by Crippen LogP contribution is 2.30. The summed E-state index contributed by atoms with van der Waals surface area (Å²) in [4.78, 5) is 11.3. The zero-order valence-electron chi connectivity index (χ0n) is 10.9. The standard InChI is InChI=1S/C13H12F3N3O2/c1-8(20)12(21)18-10-6-17-19(7-10)11-4-2-3-9(5-11)13(14,15)16/h2-8,20H,1H3,(H,18,21). The minimum atomic E-state index is -4.44. The summed E-state index contributed by atoms with van der Waals surface area (Å²) >= 11 is 0. The predicted octanol–water partition coefficient (Wildman–Crippen LogP) is 2.21. The molecule has 8 heteroatoms. The molecule has 2 rings (SSSR count). The van der Waals surface area contributed by atoms with Gasteiger partial charge in [-0.05, 0) is 25.1 Å². The Bertz CT molecular complexity index is 650. The number of carbonyl (C=O) groups is 1. The zero-order chi connectivity index (χ0) is 15.6. The first-order valence-corrected chi connectivity index (χ1v) is 5.98. The molecule has 0 aliphatic heterocycles. The Hall–Kier alpha value is -2.35. The zero-order valence-corrected chi connectivity index (χ0v) is 10.9. The van der Waals surface area contributed by atoms with Crippen LogP contribution in [0.1, 0.15) is 12.5 Å². The molecule has 2 aromatic rings. The highest BCUT2D eigenvalue weighted by Gasteiger charge is 2.30. The van der Waals surface area contributed by atoms with Crippen LogP contribution >= 0.6 is 0 Å². The molecule has 0 saturated carbocycles. The van der Waals surface area contributed by atoms with Crippen LogP contribution in [0.5, 0.6) is 0 Å². The molecule has 0 bridgehead atoms. The Morgan fingerprint density at radius 1 is 1.43 bits per heavy atom. The monoisotopic (exact) mass is 299 g/mol. The summed E-state index contributed by atoms with van der Waals surface area (Å²) in [6.07, 6.45) is -3.00. The second-order valence-corrected chi connectivity index (χ2v) is 4.39. The van der Waals surface area contributed by atoms with Crippen molar-refractivity contribution in [3.63, 3.8) is 0 Å². The molecule has 0 spiro atoms. The molecule has 112 valence electrons. The normalized spacial score (nSPS) is 13.0. The van der Waals surface area contributed by atoms with E-state index in [0.29, 0.717) is 0 Å². The predicted molar refractivity (Wildman–Crippen MR) is 68.9 cm³/mol. The first kappa shape index (κ1) is 15.0. The molecule has 0 aliphatic carbocycles. The first-order valence-electron chi connectivity index (χ1n) is 5.98. The summed E-state index contributed by atoms with van der Waals surface area (Å²) in [5.74, 6) is -0.626. The maximum absolute atomic E-state index is 12.6. The molecular formula is C13H12F3N3O2. The van der Waals surface area contributed by atoms with Gasteiger partial charge in [0.1, 0.15) is 6.10 Å². The van der Waals surface area contributed by atoms with Gasteiger partial charge in [0.05, 0.1) is 29.3 Å². The Kier molecular flexibility index (Phi) is 3.99. The molecular weight excluding hydrogens is 287 g/mol. The second-order valence-electron chi connectivity index (χ2n) is 4.39. The van der Waals surface area contributed by atoms with Crippen molar-refractivity contribution in [3.8, 4) is 5.69 Å². The molecule has 0 aliphatic rings. The molecule has 21 heavy (non-hydrogen) atoms. The SMILES string of the molecule is CC(O)C(=O)Nc1cnn(-c2cccc(C(F)(F)F)c2)c1. The first-order chi connectivity index (χ1) is 9.77. The van der Waals surface area contributed by atoms with Gasteiger partial charge in [0.25, 0.3) is 5.91 Å². The van der Waals surface area contributed by atoms with Gasteiger partial charge >= 0.3 is 6.18 Å². The number of aromatic nitrogens is 2. The summed E-state index contributed by atoms with van der Waals surface area (Å²) in [5, 5.41) is 15.3. The number of aliphatic hydroxyl groups is 1. The molecule has 0 radical (unpaired) electrons. The topological polar surface area (TPSA) is 67.2 Å².